The Labute approximate surface area is 146 Å². The number of nitrogens with one attached hydrogen (secondary N) is 1. The van der Waals surface area contributed by atoms with Crippen LogP contribution in [0.15, 0.2) is 59.7 Å². The van der Waals surface area contributed by atoms with Gasteiger partial charge < -0.3 is 14.9 Å². The molecule has 7 nitrogen and oxygen atoms in total. The molecule has 2 atom stereocenters. The number of carbonyl (C=O) groups is 2. The second kappa shape index (κ2) is 8.46. The van der Waals surface area contributed by atoms with Crippen LogP contribution in [0, 0.1) is 0 Å². The second-order valence-corrected chi connectivity index (χ2v) is 5.71. The first kappa shape index (κ1) is 18.7. The molecule has 25 heavy (non-hydrogen) atoms. The predicted octanol–water partition coefficient (Wildman–Crippen LogP) is 1.48. The fourth-order valence-corrected chi connectivity index (χ4v) is 2.13. The molecule has 0 saturated carbocycles. The van der Waals surface area contributed by atoms with Gasteiger partial charge in [-0.05, 0) is 19.4 Å². The molecule has 0 aliphatic carbocycles. The average Bonchev–Trinajstić information content (AvgIpc) is 2.68. The minimum absolute atomic E-state index is 0.00125. The Kier molecular flexibility index (Phi) is 6.32. The van der Waals surface area contributed by atoms with Crippen LogP contribution in [-0.2, 0) is 9.53 Å². The van der Waals surface area contributed by atoms with Crippen molar-refractivity contribution < 1.29 is 24.5 Å². The standard InChI is InChI=1S/C18H22N2O5/c1-3-13(21)6-4-5-12(2)7-9-16(23)19-17-10-8-14-15(22)11-20(14)18(24)25-17/h4-10,13,15,21-22H,3,11H2,1-2H3,(H,19,23)/b6-4+,9-7+,12-5+. The van der Waals surface area contributed by atoms with Crippen LogP contribution in [0.3, 0.4) is 0 Å². The SMILES string of the molecule is CCC(O)/C=C/C=C(C)/C=C/C(=O)NC1=CC=C2C(O)CN2C(=O)O1. The fourth-order valence-electron chi connectivity index (χ4n) is 2.13. The number of fused-ring (bicyclic) bond motifs is 1. The quantitative estimate of drug-likeness (QED) is 0.500. The van der Waals surface area contributed by atoms with Gasteiger partial charge in [-0.3, -0.25) is 15.0 Å². The van der Waals surface area contributed by atoms with E-state index in [1.807, 2.05) is 13.8 Å². The Bertz CT molecular complexity index is 688. The lowest BCUT2D eigenvalue weighted by Gasteiger charge is -2.36. The summed E-state index contributed by atoms with van der Waals surface area (Å²) in [5, 5.41) is 21.4. The van der Waals surface area contributed by atoms with Gasteiger partial charge in [0.05, 0.1) is 18.3 Å². The van der Waals surface area contributed by atoms with E-state index in [9.17, 15) is 19.8 Å². The molecule has 2 rings (SSSR count). The molecule has 2 aliphatic rings. The summed E-state index contributed by atoms with van der Waals surface area (Å²) in [6, 6.07) is 0. The van der Waals surface area contributed by atoms with E-state index in [4.69, 9.17) is 4.74 Å². The van der Waals surface area contributed by atoms with Crippen LogP contribution >= 0.6 is 0 Å². The summed E-state index contributed by atoms with van der Waals surface area (Å²) < 4.78 is 5.04. The van der Waals surface area contributed by atoms with E-state index >= 15 is 0 Å². The minimum atomic E-state index is -0.689. The first-order chi connectivity index (χ1) is 11.9. The molecule has 0 aromatic carbocycles. The summed E-state index contributed by atoms with van der Waals surface area (Å²) in [5.41, 5.74) is 1.26. The molecule has 134 valence electrons. The number of aliphatic hydroxyl groups excluding tert-OH is 2. The van der Waals surface area contributed by atoms with E-state index < -0.39 is 24.2 Å². The lowest BCUT2D eigenvalue weighted by molar-refractivity contribution is -0.116. The topological polar surface area (TPSA) is 99.1 Å². The van der Waals surface area contributed by atoms with Crippen molar-refractivity contribution in [3.05, 3.63) is 59.7 Å². The Morgan fingerprint density at radius 1 is 1.48 bits per heavy atom. The molecule has 2 unspecified atom stereocenters. The van der Waals surface area contributed by atoms with Gasteiger partial charge in [-0.15, -0.1) is 0 Å². The van der Waals surface area contributed by atoms with Crippen molar-refractivity contribution in [3.63, 3.8) is 0 Å². The third kappa shape index (κ3) is 5.17. The molecular formula is C18H22N2O5. The fraction of sp³-hybridized carbons (Fsp3) is 0.333. The molecule has 0 aromatic rings. The highest BCUT2D eigenvalue weighted by atomic mass is 16.6. The van der Waals surface area contributed by atoms with Crippen LogP contribution in [-0.4, -0.2) is 45.9 Å². The van der Waals surface area contributed by atoms with Gasteiger partial charge in [0.2, 0.25) is 5.88 Å². The molecule has 1 saturated heterocycles. The monoisotopic (exact) mass is 346 g/mol. The lowest BCUT2D eigenvalue weighted by Crippen LogP contribution is -2.51. The third-order valence-corrected chi connectivity index (χ3v) is 3.69. The van der Waals surface area contributed by atoms with Crippen molar-refractivity contribution in [2.75, 3.05) is 6.54 Å². The number of hydrogen-bond donors (Lipinski definition) is 3. The van der Waals surface area contributed by atoms with Crippen LogP contribution in [0.25, 0.3) is 0 Å². The average molecular weight is 346 g/mol. The van der Waals surface area contributed by atoms with Crippen molar-refractivity contribution in [3.8, 4) is 0 Å². The smallest absolute Gasteiger partial charge is 0.393 e. The molecule has 0 bridgehead atoms. The number of amides is 2. The molecule has 2 amide bonds. The first-order valence-corrected chi connectivity index (χ1v) is 8.02. The third-order valence-electron chi connectivity index (χ3n) is 3.69. The van der Waals surface area contributed by atoms with Gasteiger partial charge in [0.1, 0.15) is 6.10 Å². The Morgan fingerprint density at radius 3 is 2.92 bits per heavy atom. The van der Waals surface area contributed by atoms with E-state index in [-0.39, 0.29) is 12.4 Å². The van der Waals surface area contributed by atoms with Crippen LogP contribution < -0.4 is 5.32 Å². The van der Waals surface area contributed by atoms with Crippen molar-refractivity contribution in [1.29, 1.82) is 0 Å². The number of ether oxygens (including phenoxy) is 1. The largest absolute Gasteiger partial charge is 0.420 e. The molecule has 0 spiro atoms. The van der Waals surface area contributed by atoms with E-state index in [0.717, 1.165) is 5.57 Å². The van der Waals surface area contributed by atoms with E-state index in [1.165, 1.54) is 23.1 Å². The summed E-state index contributed by atoms with van der Waals surface area (Å²) in [7, 11) is 0. The normalized spacial score (nSPS) is 21.9. The first-order valence-electron chi connectivity index (χ1n) is 8.02. The van der Waals surface area contributed by atoms with Gasteiger partial charge in [-0.2, -0.15) is 0 Å². The molecule has 0 aromatic heterocycles. The number of hydrogen-bond acceptors (Lipinski definition) is 5. The summed E-state index contributed by atoms with van der Waals surface area (Å²) >= 11 is 0. The Balaban J connectivity index is 1.90. The van der Waals surface area contributed by atoms with Gasteiger partial charge in [0.15, 0.2) is 0 Å². The van der Waals surface area contributed by atoms with Gasteiger partial charge >= 0.3 is 6.09 Å². The van der Waals surface area contributed by atoms with Crippen LogP contribution in [0.1, 0.15) is 20.3 Å². The van der Waals surface area contributed by atoms with Crippen molar-refractivity contribution in [2.24, 2.45) is 0 Å². The molecule has 7 heteroatoms. The van der Waals surface area contributed by atoms with Crippen molar-refractivity contribution in [2.45, 2.75) is 32.5 Å². The molecule has 3 N–H and O–H groups in total. The van der Waals surface area contributed by atoms with Crippen LogP contribution in [0.5, 0.6) is 0 Å². The second-order valence-electron chi connectivity index (χ2n) is 5.71. The van der Waals surface area contributed by atoms with Crippen molar-refractivity contribution >= 4 is 12.0 Å². The summed E-state index contributed by atoms with van der Waals surface area (Å²) in [4.78, 5) is 25.0. The highest BCUT2D eigenvalue weighted by Crippen LogP contribution is 2.26. The maximum absolute atomic E-state index is 11.9. The van der Waals surface area contributed by atoms with E-state index in [0.29, 0.717) is 12.1 Å². The van der Waals surface area contributed by atoms with Crippen molar-refractivity contribution in [1.82, 2.24) is 10.2 Å². The molecule has 1 fully saturated rings. The van der Waals surface area contributed by atoms with Gasteiger partial charge in [0.25, 0.3) is 5.91 Å². The maximum atomic E-state index is 11.9. The maximum Gasteiger partial charge on any atom is 0.420 e. The number of aliphatic hydroxyl groups is 2. The number of cyclic esters (lactones) is 1. The summed E-state index contributed by atoms with van der Waals surface area (Å²) in [6.45, 7) is 3.88. The van der Waals surface area contributed by atoms with Gasteiger partial charge in [-0.25, -0.2) is 4.79 Å². The summed E-state index contributed by atoms with van der Waals surface area (Å²) in [5.74, 6) is -0.450. The number of nitrogens with zero attached hydrogens (tertiary/aromatic N) is 1. The van der Waals surface area contributed by atoms with Crippen LogP contribution in [0.2, 0.25) is 0 Å². The zero-order valence-electron chi connectivity index (χ0n) is 14.2. The molecule has 0 radical (unpaired) electrons. The Hall–Kier alpha value is -2.64. The van der Waals surface area contributed by atoms with Gasteiger partial charge in [-0.1, -0.05) is 36.8 Å². The zero-order chi connectivity index (χ0) is 18.4. The zero-order valence-corrected chi connectivity index (χ0v) is 14.2. The molecular weight excluding hydrogens is 324 g/mol. The van der Waals surface area contributed by atoms with E-state index in [2.05, 4.69) is 5.32 Å². The highest BCUT2D eigenvalue weighted by molar-refractivity contribution is 5.89. The van der Waals surface area contributed by atoms with Crippen LogP contribution in [0.4, 0.5) is 4.79 Å². The lowest BCUT2D eigenvalue weighted by atomic mass is 10.1. The number of rotatable bonds is 6. The highest BCUT2D eigenvalue weighted by Gasteiger charge is 2.37. The predicted molar refractivity (Wildman–Crippen MR) is 91.8 cm³/mol. The number of carbonyl (C=O) groups excluding carboxylic acids is 2. The molecule has 2 aliphatic heterocycles. The Morgan fingerprint density at radius 2 is 2.24 bits per heavy atom. The summed E-state index contributed by atoms with van der Waals surface area (Å²) in [6.07, 6.45) is 9.87. The van der Waals surface area contributed by atoms with Gasteiger partial charge in [0, 0.05) is 12.2 Å². The van der Waals surface area contributed by atoms with E-state index in [1.54, 1.807) is 24.3 Å². The minimum Gasteiger partial charge on any atom is -0.393 e. The molecule has 2 heterocycles. The number of allylic oxidation sites excluding steroid dienone is 6.